The molecule has 1 heterocycles. The lowest BCUT2D eigenvalue weighted by Crippen LogP contribution is -2.27. The molecule has 29 heavy (non-hydrogen) atoms. The molecule has 0 spiro atoms. The summed E-state index contributed by atoms with van der Waals surface area (Å²) >= 11 is 10.2. The van der Waals surface area contributed by atoms with Crippen LogP contribution in [0.3, 0.4) is 0 Å². The predicted octanol–water partition coefficient (Wildman–Crippen LogP) is 6.43. The average molecular weight is 492 g/mol. The van der Waals surface area contributed by atoms with Gasteiger partial charge in [-0.2, -0.15) is 0 Å². The smallest absolute Gasteiger partial charge is 0.270 e. The van der Waals surface area contributed by atoms with Crippen LogP contribution in [0.5, 0.6) is 11.5 Å². The molecule has 0 aliphatic carbocycles. The molecule has 0 unspecified atom stereocenters. The first-order chi connectivity index (χ1) is 13.9. The van der Waals surface area contributed by atoms with E-state index >= 15 is 0 Å². The predicted molar refractivity (Wildman–Crippen MR) is 128 cm³/mol. The van der Waals surface area contributed by atoms with E-state index in [2.05, 4.69) is 22.9 Å². The van der Waals surface area contributed by atoms with Gasteiger partial charge in [0.1, 0.15) is 0 Å². The number of halogens is 1. The van der Waals surface area contributed by atoms with Crippen molar-refractivity contribution in [3.8, 4) is 11.5 Å². The monoisotopic (exact) mass is 491 g/mol. The molecule has 4 nitrogen and oxygen atoms in total. The number of carbonyl (C=O) groups is 1. The van der Waals surface area contributed by atoms with Gasteiger partial charge in [-0.1, -0.05) is 52.9 Å². The van der Waals surface area contributed by atoms with Crippen LogP contribution in [-0.2, 0) is 4.79 Å². The fourth-order valence-electron chi connectivity index (χ4n) is 2.71. The van der Waals surface area contributed by atoms with Gasteiger partial charge in [-0.3, -0.25) is 9.69 Å². The first-order valence-electron chi connectivity index (χ1n) is 9.40. The third-order valence-electron chi connectivity index (χ3n) is 4.35. The molecule has 0 aromatic heterocycles. The van der Waals surface area contributed by atoms with Gasteiger partial charge in [0.2, 0.25) is 0 Å². The number of benzene rings is 2. The molecule has 2 aromatic rings. The Hall–Kier alpha value is -1.83. The van der Waals surface area contributed by atoms with Gasteiger partial charge in [0.25, 0.3) is 5.91 Å². The maximum Gasteiger partial charge on any atom is 0.270 e. The Balaban J connectivity index is 1.87. The topological polar surface area (TPSA) is 38.8 Å². The van der Waals surface area contributed by atoms with Crippen LogP contribution < -0.4 is 14.4 Å². The summed E-state index contributed by atoms with van der Waals surface area (Å²) < 4.78 is 13.2. The molecular weight excluding hydrogens is 470 g/mol. The number of ether oxygens (including phenoxy) is 2. The molecule has 2 aromatic carbocycles. The quantitative estimate of drug-likeness (QED) is 0.329. The molecule has 1 aliphatic heterocycles. The van der Waals surface area contributed by atoms with Gasteiger partial charge in [-0.25, -0.2) is 0 Å². The Labute approximate surface area is 189 Å². The van der Waals surface area contributed by atoms with E-state index in [4.69, 9.17) is 21.7 Å². The highest BCUT2D eigenvalue weighted by Crippen LogP contribution is 2.37. The number of rotatable bonds is 7. The Bertz CT molecular complexity index is 944. The number of thiocarbonyl (C=S) groups is 1. The maximum atomic E-state index is 12.9. The molecule has 1 amide bonds. The first kappa shape index (κ1) is 21.9. The standard InChI is InChI=1S/C22H22BrNO3S2/c1-4-14(3)27-18-11-6-15(12-19(18)26-5-2)13-20-21(25)24(22(28)29-20)17-9-7-16(23)8-10-17/h6-14H,4-5H2,1-3H3/b20-13+/t14-/m0/s1. The van der Waals surface area contributed by atoms with E-state index in [0.29, 0.717) is 27.3 Å². The zero-order valence-electron chi connectivity index (χ0n) is 16.5. The number of hydrogen-bond acceptors (Lipinski definition) is 5. The second-order valence-corrected chi connectivity index (χ2v) is 9.06. The Morgan fingerprint density at radius 2 is 1.90 bits per heavy atom. The van der Waals surface area contributed by atoms with Crippen LogP contribution in [0.1, 0.15) is 32.8 Å². The molecule has 1 aliphatic rings. The zero-order chi connectivity index (χ0) is 21.0. The Kier molecular flexibility index (Phi) is 7.38. The Morgan fingerprint density at radius 1 is 1.17 bits per heavy atom. The van der Waals surface area contributed by atoms with Crippen LogP contribution in [0.25, 0.3) is 6.08 Å². The number of carbonyl (C=O) groups excluding carboxylic acids is 1. The summed E-state index contributed by atoms with van der Waals surface area (Å²) in [5.41, 5.74) is 1.62. The summed E-state index contributed by atoms with van der Waals surface area (Å²) in [6.07, 6.45) is 2.85. The van der Waals surface area contributed by atoms with Crippen LogP contribution in [0.15, 0.2) is 51.8 Å². The van der Waals surface area contributed by atoms with Crippen molar-refractivity contribution in [2.24, 2.45) is 0 Å². The van der Waals surface area contributed by atoms with Crippen molar-refractivity contribution in [1.82, 2.24) is 0 Å². The lowest BCUT2D eigenvalue weighted by atomic mass is 10.1. The van der Waals surface area contributed by atoms with E-state index in [1.807, 2.05) is 62.4 Å². The second-order valence-electron chi connectivity index (χ2n) is 6.47. The van der Waals surface area contributed by atoms with Crippen molar-refractivity contribution in [1.29, 1.82) is 0 Å². The van der Waals surface area contributed by atoms with Crippen molar-refractivity contribution >= 4 is 61.9 Å². The summed E-state index contributed by atoms with van der Waals surface area (Å²) in [6, 6.07) is 13.2. The minimum Gasteiger partial charge on any atom is -0.490 e. The highest BCUT2D eigenvalue weighted by molar-refractivity contribution is 9.10. The summed E-state index contributed by atoms with van der Waals surface area (Å²) in [5, 5.41) is 0. The van der Waals surface area contributed by atoms with Crippen molar-refractivity contribution in [3.05, 3.63) is 57.4 Å². The molecule has 7 heteroatoms. The van der Waals surface area contributed by atoms with E-state index < -0.39 is 0 Å². The number of amides is 1. The van der Waals surface area contributed by atoms with E-state index in [9.17, 15) is 4.79 Å². The SMILES string of the molecule is CCOc1cc(/C=C2/SC(=S)N(c3ccc(Br)cc3)C2=O)ccc1O[C@@H](C)CC. The largest absolute Gasteiger partial charge is 0.490 e. The third kappa shape index (κ3) is 5.21. The lowest BCUT2D eigenvalue weighted by molar-refractivity contribution is -0.113. The Morgan fingerprint density at radius 3 is 2.55 bits per heavy atom. The average Bonchev–Trinajstić information content (AvgIpc) is 2.98. The van der Waals surface area contributed by atoms with E-state index in [0.717, 1.165) is 22.1 Å². The molecule has 0 saturated carbocycles. The molecule has 0 bridgehead atoms. The molecular formula is C22H22BrNO3S2. The van der Waals surface area contributed by atoms with Gasteiger partial charge in [-0.05, 0) is 68.3 Å². The van der Waals surface area contributed by atoms with Crippen molar-refractivity contribution in [3.63, 3.8) is 0 Å². The molecule has 3 rings (SSSR count). The van der Waals surface area contributed by atoms with Crippen LogP contribution in [-0.4, -0.2) is 22.9 Å². The molecule has 1 atom stereocenters. The van der Waals surface area contributed by atoms with Crippen LogP contribution in [0.2, 0.25) is 0 Å². The summed E-state index contributed by atoms with van der Waals surface area (Å²) in [7, 11) is 0. The van der Waals surface area contributed by atoms with E-state index in [-0.39, 0.29) is 12.0 Å². The summed E-state index contributed by atoms with van der Waals surface area (Å²) in [4.78, 5) is 15.1. The second kappa shape index (κ2) is 9.78. The molecule has 152 valence electrons. The van der Waals surface area contributed by atoms with E-state index in [1.54, 1.807) is 4.90 Å². The molecule has 0 N–H and O–H groups in total. The fourth-order valence-corrected chi connectivity index (χ4v) is 4.28. The maximum absolute atomic E-state index is 12.9. The minimum atomic E-state index is -0.125. The molecule has 0 radical (unpaired) electrons. The van der Waals surface area contributed by atoms with Crippen molar-refractivity contribution in [2.45, 2.75) is 33.3 Å². The molecule has 1 fully saturated rings. The number of nitrogens with zero attached hydrogens (tertiary/aromatic N) is 1. The molecule has 1 saturated heterocycles. The van der Waals surface area contributed by atoms with Gasteiger partial charge in [0, 0.05) is 4.47 Å². The fraction of sp³-hybridized carbons (Fsp3) is 0.273. The van der Waals surface area contributed by atoms with Gasteiger partial charge in [-0.15, -0.1) is 0 Å². The van der Waals surface area contributed by atoms with Gasteiger partial charge in [0.05, 0.1) is 23.3 Å². The number of hydrogen-bond donors (Lipinski definition) is 0. The van der Waals surface area contributed by atoms with Crippen molar-refractivity contribution in [2.75, 3.05) is 11.5 Å². The highest BCUT2D eigenvalue weighted by Gasteiger charge is 2.33. The normalized spacial score (nSPS) is 16.4. The van der Waals surface area contributed by atoms with Gasteiger partial charge < -0.3 is 9.47 Å². The van der Waals surface area contributed by atoms with Crippen molar-refractivity contribution < 1.29 is 14.3 Å². The number of thioether (sulfide) groups is 1. The van der Waals surface area contributed by atoms with Gasteiger partial charge in [0.15, 0.2) is 15.8 Å². The minimum absolute atomic E-state index is 0.0993. The number of anilines is 1. The third-order valence-corrected chi connectivity index (χ3v) is 6.18. The summed E-state index contributed by atoms with van der Waals surface area (Å²) in [6.45, 7) is 6.57. The highest BCUT2D eigenvalue weighted by atomic mass is 79.9. The zero-order valence-corrected chi connectivity index (χ0v) is 19.7. The van der Waals surface area contributed by atoms with E-state index in [1.165, 1.54) is 11.8 Å². The summed E-state index contributed by atoms with van der Waals surface area (Å²) in [5.74, 6) is 1.26. The van der Waals surface area contributed by atoms with Crippen LogP contribution in [0, 0.1) is 0 Å². The van der Waals surface area contributed by atoms with Gasteiger partial charge >= 0.3 is 0 Å². The van der Waals surface area contributed by atoms with Crippen LogP contribution in [0.4, 0.5) is 5.69 Å². The first-order valence-corrected chi connectivity index (χ1v) is 11.4. The lowest BCUT2D eigenvalue weighted by Gasteiger charge is -2.16. The van der Waals surface area contributed by atoms with Crippen LogP contribution >= 0.6 is 39.9 Å².